The highest BCUT2D eigenvalue weighted by Gasteiger charge is 2.51. The van der Waals surface area contributed by atoms with E-state index < -0.39 is 0 Å². The molecule has 0 unspecified atom stereocenters. The van der Waals surface area contributed by atoms with Crippen LogP contribution in [0.3, 0.4) is 0 Å². The summed E-state index contributed by atoms with van der Waals surface area (Å²) >= 11 is 3.54. The Balaban J connectivity index is 0.00000132. The zero-order chi connectivity index (χ0) is 15.5. The molecule has 3 aliphatic rings. The van der Waals surface area contributed by atoms with Gasteiger partial charge in [0.25, 0.3) is 0 Å². The van der Waals surface area contributed by atoms with Gasteiger partial charge in [-0.2, -0.15) is 0 Å². The van der Waals surface area contributed by atoms with Crippen LogP contribution in [0.4, 0.5) is 0 Å². The standard InChI is InChI=1S/C15H24N4S2.2ClH/c1-13(2)9-16-11(17-13)20-7-10-8-21-12-18-14(3,4)15(5,6)19(10)12;;/h8H,7,9H2,1-6H3,(H,16,17);2*1H. The molecule has 4 nitrogen and oxygen atoms in total. The summed E-state index contributed by atoms with van der Waals surface area (Å²) in [7, 11) is 0. The number of nitrogens with one attached hydrogen (secondary N) is 1. The summed E-state index contributed by atoms with van der Waals surface area (Å²) in [6.45, 7) is 14.2. The topological polar surface area (TPSA) is 40.0 Å². The molecule has 0 aromatic carbocycles. The summed E-state index contributed by atoms with van der Waals surface area (Å²) < 4.78 is 0. The first-order valence-corrected chi connectivity index (χ1v) is 9.20. The number of nitrogens with zero attached hydrogens (tertiary/aromatic N) is 3. The third kappa shape index (κ3) is 3.65. The Morgan fingerprint density at radius 2 is 1.87 bits per heavy atom. The molecule has 0 atom stereocenters. The molecule has 23 heavy (non-hydrogen) atoms. The highest BCUT2D eigenvalue weighted by molar-refractivity contribution is 8.17. The molecule has 0 saturated carbocycles. The lowest BCUT2D eigenvalue weighted by molar-refractivity contribution is 0.195. The monoisotopic (exact) mass is 396 g/mol. The molecule has 0 bridgehead atoms. The Hall–Kier alpha value is -0.0400. The molecule has 132 valence electrons. The van der Waals surface area contributed by atoms with Crippen LogP contribution in [0.2, 0.25) is 0 Å². The van der Waals surface area contributed by atoms with E-state index in [1.165, 1.54) is 5.70 Å². The number of halogens is 2. The van der Waals surface area contributed by atoms with E-state index in [4.69, 9.17) is 4.99 Å². The van der Waals surface area contributed by atoms with E-state index in [0.717, 1.165) is 22.6 Å². The molecule has 3 rings (SSSR count). The van der Waals surface area contributed by atoms with Crippen molar-refractivity contribution in [1.29, 1.82) is 0 Å². The van der Waals surface area contributed by atoms with Crippen molar-refractivity contribution in [2.75, 3.05) is 12.3 Å². The Kier molecular flexibility index (Phi) is 6.11. The lowest BCUT2D eigenvalue weighted by Crippen LogP contribution is -2.51. The van der Waals surface area contributed by atoms with Gasteiger partial charge < -0.3 is 10.2 Å². The van der Waals surface area contributed by atoms with Crippen LogP contribution >= 0.6 is 48.3 Å². The van der Waals surface area contributed by atoms with E-state index in [2.05, 4.69) is 62.2 Å². The third-order valence-electron chi connectivity index (χ3n) is 4.63. The minimum absolute atomic E-state index is 0. The van der Waals surface area contributed by atoms with Crippen molar-refractivity contribution >= 4 is 58.7 Å². The minimum atomic E-state index is -0.0510. The molecule has 0 fully saturated rings. The molecular formula is C15H26Cl2N4S2. The Labute approximate surface area is 160 Å². The van der Waals surface area contributed by atoms with E-state index in [9.17, 15) is 0 Å². The molecule has 8 heteroatoms. The van der Waals surface area contributed by atoms with Gasteiger partial charge in [0.2, 0.25) is 0 Å². The smallest absolute Gasteiger partial charge is 0.169 e. The molecule has 0 amide bonds. The molecule has 3 heterocycles. The van der Waals surface area contributed by atoms with Crippen molar-refractivity contribution < 1.29 is 0 Å². The second-order valence-corrected chi connectivity index (χ2v) is 9.29. The minimum Gasteiger partial charge on any atom is -0.358 e. The van der Waals surface area contributed by atoms with Crippen molar-refractivity contribution in [3.8, 4) is 0 Å². The molecule has 0 aromatic rings. The highest BCUT2D eigenvalue weighted by atomic mass is 35.5. The summed E-state index contributed by atoms with van der Waals surface area (Å²) in [5, 5.41) is 7.92. The average Bonchev–Trinajstić information content (AvgIpc) is 2.93. The predicted octanol–water partition coefficient (Wildman–Crippen LogP) is 4.12. The molecule has 1 N–H and O–H groups in total. The van der Waals surface area contributed by atoms with Crippen LogP contribution in [0.25, 0.3) is 0 Å². The summed E-state index contributed by atoms with van der Waals surface area (Å²) in [6, 6.07) is 0. The van der Waals surface area contributed by atoms with E-state index >= 15 is 0 Å². The van der Waals surface area contributed by atoms with Gasteiger partial charge in [-0.15, -0.1) is 24.8 Å². The SMILES string of the molecule is CC1(C)CN=C(SCC2=CSC3=NC(C)(C)C(C)(C)N23)N1.Cl.Cl. The molecule has 0 aromatic heterocycles. The van der Waals surface area contributed by atoms with E-state index in [0.29, 0.717) is 0 Å². The highest BCUT2D eigenvalue weighted by Crippen LogP contribution is 2.46. The number of hydrogen-bond acceptors (Lipinski definition) is 6. The maximum Gasteiger partial charge on any atom is 0.169 e. The van der Waals surface area contributed by atoms with Crippen LogP contribution in [0.1, 0.15) is 41.5 Å². The Morgan fingerprint density at radius 3 is 2.43 bits per heavy atom. The molecule has 0 aliphatic carbocycles. The van der Waals surface area contributed by atoms with Crippen LogP contribution in [0, 0.1) is 0 Å². The number of fused-ring (bicyclic) bond motifs is 1. The van der Waals surface area contributed by atoms with E-state index in [1.54, 1.807) is 23.5 Å². The summed E-state index contributed by atoms with van der Waals surface area (Å²) in [6.07, 6.45) is 0. The first-order chi connectivity index (χ1) is 9.62. The van der Waals surface area contributed by atoms with Gasteiger partial charge in [-0.25, -0.2) is 0 Å². The summed E-state index contributed by atoms with van der Waals surface area (Å²) in [5.74, 6) is 0.938. The van der Waals surface area contributed by atoms with Gasteiger partial charge in [-0.3, -0.25) is 9.98 Å². The van der Waals surface area contributed by atoms with Crippen molar-refractivity contribution in [3.05, 3.63) is 11.1 Å². The van der Waals surface area contributed by atoms with Gasteiger partial charge in [-0.05, 0) is 47.0 Å². The molecule has 0 radical (unpaired) electrons. The fourth-order valence-corrected chi connectivity index (χ4v) is 4.90. The fraction of sp³-hybridized carbons (Fsp3) is 0.733. The van der Waals surface area contributed by atoms with Crippen LogP contribution in [-0.4, -0.2) is 44.1 Å². The van der Waals surface area contributed by atoms with Gasteiger partial charge in [0.1, 0.15) is 0 Å². The van der Waals surface area contributed by atoms with Crippen LogP contribution in [-0.2, 0) is 0 Å². The zero-order valence-corrected chi connectivity index (χ0v) is 17.7. The number of thioether (sulfide) groups is 2. The number of rotatable bonds is 2. The lowest BCUT2D eigenvalue weighted by atomic mass is 9.83. The summed E-state index contributed by atoms with van der Waals surface area (Å²) in [4.78, 5) is 11.9. The van der Waals surface area contributed by atoms with Crippen molar-refractivity contribution in [1.82, 2.24) is 10.2 Å². The quantitative estimate of drug-likeness (QED) is 0.761. The number of aliphatic imine (C=N–C) groups is 2. The molecule has 0 saturated heterocycles. The Morgan fingerprint density at radius 1 is 1.22 bits per heavy atom. The van der Waals surface area contributed by atoms with Gasteiger partial charge in [-0.1, -0.05) is 23.5 Å². The van der Waals surface area contributed by atoms with Gasteiger partial charge in [0.15, 0.2) is 10.3 Å². The van der Waals surface area contributed by atoms with E-state index in [1.807, 2.05) is 0 Å². The van der Waals surface area contributed by atoms with Gasteiger partial charge in [0, 0.05) is 11.4 Å². The number of amidine groups is 2. The van der Waals surface area contributed by atoms with Gasteiger partial charge in [0.05, 0.1) is 23.2 Å². The fourth-order valence-electron chi connectivity index (χ4n) is 2.63. The number of hydrogen-bond donors (Lipinski definition) is 1. The van der Waals surface area contributed by atoms with Crippen LogP contribution in [0.5, 0.6) is 0 Å². The Bertz CT molecular complexity index is 568. The van der Waals surface area contributed by atoms with Crippen molar-refractivity contribution in [2.45, 2.75) is 58.2 Å². The maximum absolute atomic E-state index is 4.89. The first kappa shape index (κ1) is 21.0. The van der Waals surface area contributed by atoms with Crippen LogP contribution in [0.15, 0.2) is 21.1 Å². The second-order valence-electron chi connectivity index (χ2n) is 7.49. The second kappa shape index (κ2) is 6.70. The van der Waals surface area contributed by atoms with Gasteiger partial charge >= 0.3 is 0 Å². The summed E-state index contributed by atoms with van der Waals surface area (Å²) in [5.41, 5.74) is 1.41. The molecule has 0 spiro atoms. The predicted molar refractivity (Wildman–Crippen MR) is 110 cm³/mol. The molecule has 3 aliphatic heterocycles. The lowest BCUT2D eigenvalue weighted by Gasteiger charge is -2.40. The van der Waals surface area contributed by atoms with Crippen molar-refractivity contribution in [3.63, 3.8) is 0 Å². The zero-order valence-electron chi connectivity index (χ0n) is 14.5. The third-order valence-corrected chi connectivity index (χ3v) is 6.45. The maximum atomic E-state index is 4.89. The van der Waals surface area contributed by atoms with Crippen LogP contribution < -0.4 is 5.32 Å². The van der Waals surface area contributed by atoms with Crippen molar-refractivity contribution in [2.24, 2.45) is 9.98 Å². The molecular weight excluding hydrogens is 371 g/mol. The average molecular weight is 397 g/mol. The normalized spacial score (nSPS) is 25.5. The first-order valence-electron chi connectivity index (χ1n) is 7.34. The largest absolute Gasteiger partial charge is 0.358 e. The van der Waals surface area contributed by atoms with E-state index in [-0.39, 0.29) is 41.4 Å².